The van der Waals surface area contributed by atoms with Crippen LogP contribution < -0.4 is 5.32 Å². The molecule has 0 saturated carbocycles. The number of rotatable bonds is 3. The number of hydrogen-bond acceptors (Lipinski definition) is 4. The first-order chi connectivity index (χ1) is 9.40. The first-order valence-electron chi connectivity index (χ1n) is 6.31. The molecule has 1 aromatic carbocycles. The summed E-state index contributed by atoms with van der Waals surface area (Å²) in [6, 6.07) is 7.15. The second kappa shape index (κ2) is 6.00. The van der Waals surface area contributed by atoms with E-state index in [1.54, 1.807) is 18.2 Å². The molecule has 0 amide bonds. The Bertz CT molecular complexity index is 640. The molecule has 1 unspecified atom stereocenters. The van der Waals surface area contributed by atoms with Gasteiger partial charge in [-0.3, -0.25) is 0 Å². The molecule has 7 heteroatoms. The summed E-state index contributed by atoms with van der Waals surface area (Å²) in [7, 11) is -3.17. The Hall–Kier alpha value is -1.29. The molecule has 1 aromatic rings. The summed E-state index contributed by atoms with van der Waals surface area (Å²) in [5, 5.41) is 12.8. The fourth-order valence-electron chi connectivity index (χ4n) is 2.32. The summed E-state index contributed by atoms with van der Waals surface area (Å²) < 4.78 is 24.6. The Kier molecular flexibility index (Phi) is 4.53. The molecular weight excluding hydrogens is 298 g/mol. The van der Waals surface area contributed by atoms with Gasteiger partial charge in [0, 0.05) is 24.2 Å². The van der Waals surface area contributed by atoms with Crippen molar-refractivity contribution in [1.82, 2.24) is 4.31 Å². The van der Waals surface area contributed by atoms with Crippen LogP contribution in [-0.2, 0) is 10.0 Å². The molecule has 1 fully saturated rings. The maximum Gasteiger partial charge on any atom is 0.211 e. The molecular formula is C13H16ClN3O2S. The minimum absolute atomic E-state index is 0.00625. The number of nitriles is 1. The third-order valence-electron chi connectivity index (χ3n) is 3.31. The highest BCUT2D eigenvalue weighted by molar-refractivity contribution is 7.88. The number of anilines is 1. The van der Waals surface area contributed by atoms with E-state index >= 15 is 0 Å². The van der Waals surface area contributed by atoms with Gasteiger partial charge in [0.05, 0.1) is 17.5 Å². The first kappa shape index (κ1) is 15.1. The summed E-state index contributed by atoms with van der Waals surface area (Å²) in [6.45, 7) is 0.981. The Morgan fingerprint density at radius 1 is 1.50 bits per heavy atom. The molecule has 1 N–H and O–H groups in total. The number of piperidine rings is 1. The molecule has 5 nitrogen and oxygen atoms in total. The van der Waals surface area contributed by atoms with Gasteiger partial charge in [0.25, 0.3) is 0 Å². The zero-order valence-electron chi connectivity index (χ0n) is 11.1. The van der Waals surface area contributed by atoms with Crippen LogP contribution in [0.2, 0.25) is 5.02 Å². The fraction of sp³-hybridized carbons (Fsp3) is 0.462. The Morgan fingerprint density at radius 3 is 2.90 bits per heavy atom. The van der Waals surface area contributed by atoms with Crippen LogP contribution in [0, 0.1) is 11.3 Å². The molecule has 2 rings (SSSR count). The molecule has 0 aliphatic carbocycles. The number of hydrogen-bond donors (Lipinski definition) is 1. The van der Waals surface area contributed by atoms with Gasteiger partial charge < -0.3 is 5.32 Å². The van der Waals surface area contributed by atoms with Gasteiger partial charge in [0.1, 0.15) is 6.07 Å². The van der Waals surface area contributed by atoms with Gasteiger partial charge in [-0.25, -0.2) is 12.7 Å². The lowest BCUT2D eigenvalue weighted by molar-refractivity contribution is 0.329. The van der Waals surface area contributed by atoms with E-state index in [4.69, 9.17) is 16.9 Å². The van der Waals surface area contributed by atoms with Crippen LogP contribution in [0.5, 0.6) is 0 Å². The molecule has 20 heavy (non-hydrogen) atoms. The molecule has 108 valence electrons. The van der Waals surface area contributed by atoms with Crippen molar-refractivity contribution in [3.63, 3.8) is 0 Å². The highest BCUT2D eigenvalue weighted by Gasteiger charge is 2.26. The quantitative estimate of drug-likeness (QED) is 0.927. The van der Waals surface area contributed by atoms with Crippen molar-refractivity contribution < 1.29 is 8.42 Å². The van der Waals surface area contributed by atoms with Crippen LogP contribution in [0.15, 0.2) is 18.2 Å². The summed E-state index contributed by atoms with van der Waals surface area (Å²) in [5.74, 6) is 0. The second-order valence-electron chi connectivity index (χ2n) is 4.91. The maximum atomic E-state index is 11.6. The van der Waals surface area contributed by atoms with E-state index in [2.05, 4.69) is 11.4 Å². The maximum absolute atomic E-state index is 11.6. The molecule has 0 radical (unpaired) electrons. The molecule has 1 aliphatic rings. The lowest BCUT2D eigenvalue weighted by Gasteiger charge is -2.32. The van der Waals surface area contributed by atoms with Crippen LogP contribution in [0.4, 0.5) is 5.69 Å². The largest absolute Gasteiger partial charge is 0.380 e. The van der Waals surface area contributed by atoms with E-state index < -0.39 is 10.0 Å². The standard InChI is InChI=1S/C13H16ClN3O2S/c1-20(18,19)17-6-2-3-12(9-17)16-13-5-4-11(14)7-10(13)8-15/h4-5,7,12,16H,2-3,6,9H2,1H3. The van der Waals surface area contributed by atoms with E-state index in [1.165, 1.54) is 10.6 Å². The van der Waals surface area contributed by atoms with Crippen LogP contribution in [0.3, 0.4) is 0 Å². The molecule has 1 aliphatic heterocycles. The Labute approximate surface area is 124 Å². The van der Waals surface area contributed by atoms with Crippen molar-refractivity contribution in [1.29, 1.82) is 5.26 Å². The molecule has 1 saturated heterocycles. The fourth-order valence-corrected chi connectivity index (χ4v) is 3.40. The van der Waals surface area contributed by atoms with Gasteiger partial charge in [0.2, 0.25) is 10.0 Å². The summed E-state index contributed by atoms with van der Waals surface area (Å²) >= 11 is 5.85. The van der Waals surface area contributed by atoms with Gasteiger partial charge in [0.15, 0.2) is 0 Å². The Balaban J connectivity index is 2.13. The highest BCUT2D eigenvalue weighted by atomic mass is 35.5. The normalized spacial score (nSPS) is 20.4. The van der Waals surface area contributed by atoms with Gasteiger partial charge in [-0.1, -0.05) is 11.6 Å². The summed E-state index contributed by atoms with van der Waals surface area (Å²) in [5.41, 5.74) is 1.16. The topological polar surface area (TPSA) is 73.2 Å². The predicted octanol–water partition coefficient (Wildman–Crippen LogP) is 2.05. The molecule has 0 spiro atoms. The zero-order chi connectivity index (χ0) is 14.8. The predicted molar refractivity (Wildman–Crippen MR) is 79.2 cm³/mol. The lowest BCUT2D eigenvalue weighted by Crippen LogP contribution is -2.44. The van der Waals surface area contributed by atoms with Crippen molar-refractivity contribution >= 4 is 27.3 Å². The van der Waals surface area contributed by atoms with E-state index in [1.807, 2.05) is 0 Å². The molecule has 1 atom stereocenters. The Morgan fingerprint density at radius 2 is 2.25 bits per heavy atom. The van der Waals surface area contributed by atoms with Crippen molar-refractivity contribution in [2.24, 2.45) is 0 Å². The van der Waals surface area contributed by atoms with Crippen LogP contribution in [0.1, 0.15) is 18.4 Å². The minimum atomic E-state index is -3.17. The molecule has 1 heterocycles. The van der Waals surface area contributed by atoms with Gasteiger partial charge in [-0.2, -0.15) is 5.26 Å². The van der Waals surface area contributed by atoms with E-state index in [0.717, 1.165) is 12.8 Å². The summed E-state index contributed by atoms with van der Waals surface area (Å²) in [6.07, 6.45) is 2.90. The second-order valence-corrected chi connectivity index (χ2v) is 7.33. The van der Waals surface area contributed by atoms with Crippen LogP contribution >= 0.6 is 11.6 Å². The SMILES string of the molecule is CS(=O)(=O)N1CCCC(Nc2ccc(Cl)cc2C#N)C1. The van der Waals surface area contributed by atoms with Crippen molar-refractivity contribution in [3.05, 3.63) is 28.8 Å². The van der Waals surface area contributed by atoms with Crippen molar-refractivity contribution in [3.8, 4) is 6.07 Å². The minimum Gasteiger partial charge on any atom is -0.380 e. The van der Waals surface area contributed by atoms with E-state index in [-0.39, 0.29) is 6.04 Å². The molecule has 0 aromatic heterocycles. The number of halogens is 1. The third kappa shape index (κ3) is 3.63. The third-order valence-corrected chi connectivity index (χ3v) is 4.82. The lowest BCUT2D eigenvalue weighted by atomic mass is 10.1. The average molecular weight is 314 g/mol. The van der Waals surface area contributed by atoms with Gasteiger partial charge in [-0.15, -0.1) is 0 Å². The van der Waals surface area contributed by atoms with E-state index in [9.17, 15) is 8.42 Å². The number of nitrogens with zero attached hydrogens (tertiary/aromatic N) is 2. The first-order valence-corrected chi connectivity index (χ1v) is 8.54. The monoisotopic (exact) mass is 313 g/mol. The van der Waals surface area contributed by atoms with Crippen LogP contribution in [-0.4, -0.2) is 38.1 Å². The smallest absolute Gasteiger partial charge is 0.211 e. The number of nitrogens with one attached hydrogen (secondary N) is 1. The highest BCUT2D eigenvalue weighted by Crippen LogP contribution is 2.23. The van der Waals surface area contributed by atoms with E-state index in [0.29, 0.717) is 29.4 Å². The van der Waals surface area contributed by atoms with Crippen LogP contribution in [0.25, 0.3) is 0 Å². The number of benzene rings is 1. The summed E-state index contributed by atoms with van der Waals surface area (Å²) in [4.78, 5) is 0. The average Bonchev–Trinajstić information content (AvgIpc) is 2.40. The molecule has 0 bridgehead atoms. The zero-order valence-corrected chi connectivity index (χ0v) is 12.7. The van der Waals surface area contributed by atoms with Crippen molar-refractivity contribution in [2.75, 3.05) is 24.7 Å². The van der Waals surface area contributed by atoms with Gasteiger partial charge in [-0.05, 0) is 31.0 Å². The van der Waals surface area contributed by atoms with Gasteiger partial charge >= 0.3 is 0 Å². The number of sulfonamides is 1. The van der Waals surface area contributed by atoms with Crippen molar-refractivity contribution in [2.45, 2.75) is 18.9 Å².